The van der Waals surface area contributed by atoms with Crippen LogP contribution in [0.5, 0.6) is 0 Å². The number of rotatable bonds is 3. The second kappa shape index (κ2) is 5.75. The highest BCUT2D eigenvalue weighted by Gasteiger charge is 2.23. The van der Waals surface area contributed by atoms with Crippen molar-refractivity contribution < 1.29 is 0 Å². The molecular formula is C14H18N4S. The highest BCUT2D eigenvalue weighted by molar-refractivity contribution is 7.07. The maximum Gasteiger partial charge on any atom is 0.0795 e. The van der Waals surface area contributed by atoms with E-state index in [1.807, 2.05) is 24.8 Å². The Morgan fingerprint density at radius 2 is 2.37 bits per heavy atom. The molecule has 1 aliphatic heterocycles. The second-order valence-electron chi connectivity index (χ2n) is 5.14. The van der Waals surface area contributed by atoms with Crippen LogP contribution in [0.4, 0.5) is 0 Å². The minimum Gasteiger partial charge on any atom is -0.297 e. The van der Waals surface area contributed by atoms with Crippen molar-refractivity contribution in [1.82, 2.24) is 19.9 Å². The third-order valence-electron chi connectivity index (χ3n) is 3.57. The number of likely N-dealkylation sites (tertiary alicyclic amines) is 1. The second-order valence-corrected chi connectivity index (χ2v) is 5.86. The summed E-state index contributed by atoms with van der Waals surface area (Å²) in [6.07, 6.45) is 6.18. The zero-order valence-corrected chi connectivity index (χ0v) is 11.9. The smallest absolute Gasteiger partial charge is 0.0795 e. The fraction of sp³-hybridized carbons (Fsp3) is 0.500. The van der Waals surface area contributed by atoms with Gasteiger partial charge in [-0.05, 0) is 26.3 Å². The minimum atomic E-state index is 0.514. The number of hydrogen-bond acceptors (Lipinski definition) is 5. The van der Waals surface area contributed by atoms with Crippen molar-refractivity contribution in [2.75, 3.05) is 13.1 Å². The van der Waals surface area contributed by atoms with Crippen molar-refractivity contribution in [2.45, 2.75) is 32.2 Å². The van der Waals surface area contributed by atoms with Crippen LogP contribution in [0.1, 0.15) is 35.8 Å². The molecule has 2 aromatic heterocycles. The van der Waals surface area contributed by atoms with Crippen LogP contribution in [0.25, 0.3) is 0 Å². The minimum absolute atomic E-state index is 0.514. The van der Waals surface area contributed by atoms with Gasteiger partial charge in [-0.2, -0.15) is 0 Å². The van der Waals surface area contributed by atoms with E-state index >= 15 is 0 Å². The van der Waals surface area contributed by atoms with Gasteiger partial charge in [0.25, 0.3) is 0 Å². The fourth-order valence-electron chi connectivity index (χ4n) is 2.66. The van der Waals surface area contributed by atoms with Gasteiger partial charge in [0, 0.05) is 36.8 Å². The summed E-state index contributed by atoms with van der Waals surface area (Å²) in [6, 6.07) is 0. The quantitative estimate of drug-likeness (QED) is 0.863. The maximum atomic E-state index is 4.63. The van der Waals surface area contributed by atoms with Gasteiger partial charge in [0.05, 0.1) is 22.6 Å². The lowest BCUT2D eigenvalue weighted by Crippen LogP contribution is -2.34. The van der Waals surface area contributed by atoms with E-state index < -0.39 is 0 Å². The van der Waals surface area contributed by atoms with Gasteiger partial charge in [0.2, 0.25) is 0 Å². The molecule has 5 heteroatoms. The lowest BCUT2D eigenvalue weighted by Gasteiger charge is -2.31. The molecule has 0 amide bonds. The molecule has 1 saturated heterocycles. The third-order valence-corrected chi connectivity index (χ3v) is 4.20. The molecule has 1 fully saturated rings. The van der Waals surface area contributed by atoms with Gasteiger partial charge in [-0.1, -0.05) is 0 Å². The largest absolute Gasteiger partial charge is 0.297 e. The van der Waals surface area contributed by atoms with Crippen molar-refractivity contribution in [3.05, 3.63) is 40.4 Å². The Hall–Kier alpha value is -1.33. The molecule has 0 unspecified atom stereocenters. The van der Waals surface area contributed by atoms with Crippen LogP contribution in [0.2, 0.25) is 0 Å². The van der Waals surface area contributed by atoms with Gasteiger partial charge in [0.1, 0.15) is 0 Å². The van der Waals surface area contributed by atoms with Crippen LogP contribution in [-0.4, -0.2) is 32.9 Å². The van der Waals surface area contributed by atoms with Gasteiger partial charge in [-0.15, -0.1) is 11.3 Å². The maximum absolute atomic E-state index is 4.63. The average molecular weight is 274 g/mol. The Bertz CT molecular complexity index is 526. The molecule has 0 aliphatic carbocycles. The normalized spacial score (nSPS) is 20.6. The van der Waals surface area contributed by atoms with E-state index in [9.17, 15) is 0 Å². The first-order valence-electron chi connectivity index (χ1n) is 6.69. The van der Waals surface area contributed by atoms with E-state index in [1.54, 1.807) is 11.3 Å². The molecule has 0 N–H and O–H groups in total. The Morgan fingerprint density at radius 1 is 1.42 bits per heavy atom. The summed E-state index contributed by atoms with van der Waals surface area (Å²) >= 11 is 1.67. The van der Waals surface area contributed by atoms with Crippen molar-refractivity contribution in [3.8, 4) is 0 Å². The number of aromatic nitrogens is 3. The molecule has 19 heavy (non-hydrogen) atoms. The van der Waals surface area contributed by atoms with Crippen LogP contribution in [0, 0.1) is 6.92 Å². The van der Waals surface area contributed by atoms with E-state index in [4.69, 9.17) is 0 Å². The molecule has 0 radical (unpaired) electrons. The van der Waals surface area contributed by atoms with Gasteiger partial charge in [0.15, 0.2) is 0 Å². The van der Waals surface area contributed by atoms with E-state index in [0.29, 0.717) is 5.92 Å². The van der Waals surface area contributed by atoms with Crippen LogP contribution in [0.3, 0.4) is 0 Å². The van der Waals surface area contributed by atoms with Gasteiger partial charge < -0.3 is 0 Å². The first-order valence-corrected chi connectivity index (χ1v) is 7.63. The van der Waals surface area contributed by atoms with Gasteiger partial charge >= 0.3 is 0 Å². The van der Waals surface area contributed by atoms with Gasteiger partial charge in [-0.3, -0.25) is 14.9 Å². The van der Waals surface area contributed by atoms with Crippen LogP contribution < -0.4 is 0 Å². The fourth-order valence-corrected chi connectivity index (χ4v) is 3.21. The predicted octanol–water partition coefficient (Wildman–Crippen LogP) is 2.62. The van der Waals surface area contributed by atoms with Crippen LogP contribution in [-0.2, 0) is 6.54 Å². The Kier molecular flexibility index (Phi) is 3.84. The number of hydrogen-bond donors (Lipinski definition) is 0. The van der Waals surface area contributed by atoms with Crippen LogP contribution >= 0.6 is 11.3 Å². The first kappa shape index (κ1) is 12.7. The Labute approximate surface area is 117 Å². The summed E-state index contributed by atoms with van der Waals surface area (Å²) in [4.78, 5) is 15.7. The number of thiazole rings is 1. The highest BCUT2D eigenvalue weighted by Crippen LogP contribution is 2.26. The van der Waals surface area contributed by atoms with Crippen molar-refractivity contribution in [3.63, 3.8) is 0 Å². The molecule has 0 saturated carbocycles. The van der Waals surface area contributed by atoms with Crippen molar-refractivity contribution >= 4 is 11.3 Å². The zero-order chi connectivity index (χ0) is 13.1. The summed E-state index contributed by atoms with van der Waals surface area (Å²) in [5.74, 6) is 0.514. The first-order chi connectivity index (χ1) is 9.31. The Morgan fingerprint density at radius 3 is 3.16 bits per heavy atom. The SMILES string of the molecule is Cc1cncc([C@@H]2CCCN(Cc3cscn3)C2)n1. The average Bonchev–Trinajstić information content (AvgIpc) is 2.92. The topological polar surface area (TPSA) is 41.9 Å². The van der Waals surface area contributed by atoms with Crippen molar-refractivity contribution in [1.29, 1.82) is 0 Å². The third kappa shape index (κ3) is 3.16. The molecule has 0 aromatic carbocycles. The van der Waals surface area contributed by atoms with Gasteiger partial charge in [-0.25, -0.2) is 4.98 Å². The molecule has 2 aromatic rings. The Balaban J connectivity index is 1.67. The summed E-state index contributed by atoms with van der Waals surface area (Å²) in [5.41, 5.74) is 5.24. The summed E-state index contributed by atoms with van der Waals surface area (Å²) in [7, 11) is 0. The summed E-state index contributed by atoms with van der Waals surface area (Å²) in [6.45, 7) is 5.19. The standard InChI is InChI=1S/C14H18N4S/c1-11-5-15-6-14(17-11)12-3-2-4-18(7-12)8-13-9-19-10-16-13/h5-6,9-10,12H,2-4,7-8H2,1H3/t12-/m1/s1. The highest BCUT2D eigenvalue weighted by atomic mass is 32.1. The monoisotopic (exact) mass is 274 g/mol. The van der Waals surface area contributed by atoms with E-state index in [-0.39, 0.29) is 0 Å². The molecule has 1 atom stereocenters. The predicted molar refractivity (Wildman–Crippen MR) is 76.1 cm³/mol. The van der Waals surface area contributed by atoms with Crippen LogP contribution in [0.15, 0.2) is 23.3 Å². The summed E-state index contributed by atoms with van der Waals surface area (Å²) in [5, 5.41) is 2.14. The molecule has 3 heterocycles. The summed E-state index contributed by atoms with van der Waals surface area (Å²) < 4.78 is 0. The van der Waals surface area contributed by atoms with E-state index in [2.05, 4.69) is 25.2 Å². The van der Waals surface area contributed by atoms with Crippen molar-refractivity contribution in [2.24, 2.45) is 0 Å². The zero-order valence-electron chi connectivity index (χ0n) is 11.1. The lowest BCUT2D eigenvalue weighted by molar-refractivity contribution is 0.196. The molecular weight excluding hydrogens is 256 g/mol. The van der Waals surface area contributed by atoms with E-state index in [0.717, 1.165) is 31.0 Å². The lowest BCUT2D eigenvalue weighted by atomic mass is 9.95. The molecule has 1 aliphatic rings. The van der Waals surface area contributed by atoms with E-state index in [1.165, 1.54) is 18.5 Å². The molecule has 3 rings (SSSR count). The molecule has 4 nitrogen and oxygen atoms in total. The number of aryl methyl sites for hydroxylation is 1. The number of piperidine rings is 1. The molecule has 0 bridgehead atoms. The molecule has 100 valence electrons. The number of nitrogens with zero attached hydrogens (tertiary/aromatic N) is 4. The molecule has 0 spiro atoms.